The minimum absolute atomic E-state index is 0.495. The Labute approximate surface area is 104 Å². The fourth-order valence-electron chi connectivity index (χ4n) is 1.95. The molecule has 0 saturated heterocycles. The Bertz CT molecular complexity index is 329. The van der Waals surface area contributed by atoms with Gasteiger partial charge in [-0.1, -0.05) is 19.1 Å². The second kappa shape index (κ2) is 6.06. The highest BCUT2D eigenvalue weighted by atomic mass is 16.5. The number of hydrogen-bond donors (Lipinski definition) is 1. The maximum Gasteiger partial charge on any atom is 0.119 e. The van der Waals surface area contributed by atoms with E-state index in [1.54, 1.807) is 0 Å². The molecule has 0 amide bonds. The van der Waals surface area contributed by atoms with Crippen molar-refractivity contribution in [1.82, 2.24) is 5.32 Å². The maximum absolute atomic E-state index is 5.73. The van der Waals surface area contributed by atoms with Crippen LogP contribution in [0.1, 0.15) is 38.7 Å². The van der Waals surface area contributed by atoms with Gasteiger partial charge in [-0.3, -0.25) is 0 Å². The van der Waals surface area contributed by atoms with Crippen LogP contribution in [0.25, 0.3) is 0 Å². The highest BCUT2D eigenvalue weighted by Crippen LogP contribution is 2.26. The molecule has 0 heterocycles. The molecule has 0 bridgehead atoms. The molecule has 1 fully saturated rings. The molecule has 1 saturated carbocycles. The molecule has 2 rings (SSSR count). The van der Waals surface area contributed by atoms with Gasteiger partial charge >= 0.3 is 0 Å². The summed E-state index contributed by atoms with van der Waals surface area (Å²) in [7, 11) is 0. The Kier molecular flexibility index (Phi) is 4.43. The standard InChI is InChI=1S/C15H23NO/c1-3-16-12(2)4-5-13-6-8-14(9-7-13)17-15-10-11-15/h6-9,12,15-16H,3-5,10-11H2,1-2H3. The molecule has 0 aliphatic heterocycles. The molecule has 1 N–H and O–H groups in total. The maximum atomic E-state index is 5.73. The van der Waals surface area contributed by atoms with Gasteiger partial charge in [-0.05, 0) is 56.8 Å². The average Bonchev–Trinajstić information content (AvgIpc) is 3.13. The molecule has 2 heteroatoms. The van der Waals surface area contributed by atoms with Crippen LogP contribution < -0.4 is 10.1 Å². The van der Waals surface area contributed by atoms with Crippen molar-refractivity contribution in [2.75, 3.05) is 6.54 Å². The zero-order chi connectivity index (χ0) is 12.1. The molecule has 0 aromatic heterocycles. The SMILES string of the molecule is CCNC(C)CCc1ccc(OC2CC2)cc1. The molecule has 1 aliphatic rings. The number of benzene rings is 1. The minimum atomic E-state index is 0.495. The molecule has 1 aromatic carbocycles. The van der Waals surface area contributed by atoms with Crippen molar-refractivity contribution in [2.45, 2.75) is 51.7 Å². The third kappa shape index (κ3) is 4.39. The van der Waals surface area contributed by atoms with E-state index in [1.807, 2.05) is 0 Å². The van der Waals surface area contributed by atoms with Crippen molar-refractivity contribution in [1.29, 1.82) is 0 Å². The number of nitrogens with one attached hydrogen (secondary N) is 1. The molecule has 2 nitrogen and oxygen atoms in total. The van der Waals surface area contributed by atoms with E-state index in [4.69, 9.17) is 4.74 Å². The van der Waals surface area contributed by atoms with Gasteiger partial charge in [0.15, 0.2) is 0 Å². The first-order valence-electron chi connectivity index (χ1n) is 6.77. The van der Waals surface area contributed by atoms with Crippen LogP contribution in [-0.4, -0.2) is 18.7 Å². The topological polar surface area (TPSA) is 21.3 Å². The molecule has 1 unspecified atom stereocenters. The smallest absolute Gasteiger partial charge is 0.119 e. The largest absolute Gasteiger partial charge is 0.490 e. The van der Waals surface area contributed by atoms with Crippen LogP contribution in [0.3, 0.4) is 0 Å². The second-order valence-electron chi connectivity index (χ2n) is 4.96. The van der Waals surface area contributed by atoms with Crippen molar-refractivity contribution in [3.05, 3.63) is 29.8 Å². The number of rotatable bonds is 7. The first kappa shape index (κ1) is 12.4. The number of hydrogen-bond acceptors (Lipinski definition) is 2. The van der Waals surface area contributed by atoms with E-state index in [0.717, 1.165) is 18.7 Å². The summed E-state index contributed by atoms with van der Waals surface area (Å²) in [6.45, 7) is 5.45. The zero-order valence-electron chi connectivity index (χ0n) is 10.9. The van der Waals surface area contributed by atoms with Crippen LogP contribution in [0.2, 0.25) is 0 Å². The van der Waals surface area contributed by atoms with Crippen molar-refractivity contribution < 1.29 is 4.74 Å². The van der Waals surface area contributed by atoms with Crippen LogP contribution in [-0.2, 0) is 6.42 Å². The highest BCUT2D eigenvalue weighted by Gasteiger charge is 2.23. The summed E-state index contributed by atoms with van der Waals surface area (Å²) in [6.07, 6.45) is 5.27. The first-order valence-corrected chi connectivity index (χ1v) is 6.77. The third-order valence-corrected chi connectivity index (χ3v) is 3.17. The first-order chi connectivity index (χ1) is 8.28. The quantitative estimate of drug-likeness (QED) is 0.781. The summed E-state index contributed by atoms with van der Waals surface area (Å²) in [4.78, 5) is 0. The third-order valence-electron chi connectivity index (χ3n) is 3.17. The molecule has 0 radical (unpaired) electrons. The Morgan fingerprint density at radius 3 is 2.59 bits per heavy atom. The van der Waals surface area contributed by atoms with E-state index < -0.39 is 0 Å². The van der Waals surface area contributed by atoms with E-state index in [-0.39, 0.29) is 0 Å². The van der Waals surface area contributed by atoms with Crippen LogP contribution >= 0.6 is 0 Å². The molecular weight excluding hydrogens is 210 g/mol. The normalized spacial score (nSPS) is 16.8. The van der Waals surface area contributed by atoms with Gasteiger partial charge < -0.3 is 10.1 Å². The van der Waals surface area contributed by atoms with Crippen LogP contribution in [0, 0.1) is 0 Å². The second-order valence-corrected chi connectivity index (χ2v) is 4.96. The fraction of sp³-hybridized carbons (Fsp3) is 0.600. The predicted octanol–water partition coefficient (Wildman–Crippen LogP) is 3.16. The van der Waals surface area contributed by atoms with Gasteiger partial charge in [-0.2, -0.15) is 0 Å². The van der Waals surface area contributed by atoms with E-state index in [0.29, 0.717) is 12.1 Å². The van der Waals surface area contributed by atoms with E-state index in [1.165, 1.54) is 24.8 Å². The Balaban J connectivity index is 1.76. The van der Waals surface area contributed by atoms with E-state index >= 15 is 0 Å². The van der Waals surface area contributed by atoms with Gasteiger partial charge in [0.1, 0.15) is 5.75 Å². The number of ether oxygens (including phenoxy) is 1. The Morgan fingerprint density at radius 2 is 2.00 bits per heavy atom. The Hall–Kier alpha value is -1.02. The summed E-state index contributed by atoms with van der Waals surface area (Å²) >= 11 is 0. The molecule has 1 aromatic rings. The monoisotopic (exact) mass is 233 g/mol. The molecule has 0 spiro atoms. The number of aryl methyl sites for hydroxylation is 1. The summed E-state index contributed by atoms with van der Waals surface area (Å²) in [5.74, 6) is 1.02. The summed E-state index contributed by atoms with van der Waals surface area (Å²) in [5, 5.41) is 3.44. The predicted molar refractivity (Wildman–Crippen MR) is 71.6 cm³/mol. The zero-order valence-corrected chi connectivity index (χ0v) is 10.9. The van der Waals surface area contributed by atoms with Crippen LogP contribution in [0.5, 0.6) is 5.75 Å². The fourth-order valence-corrected chi connectivity index (χ4v) is 1.95. The average molecular weight is 233 g/mol. The molecule has 94 valence electrons. The van der Waals surface area contributed by atoms with Gasteiger partial charge in [-0.25, -0.2) is 0 Å². The lowest BCUT2D eigenvalue weighted by Gasteiger charge is -2.12. The van der Waals surface area contributed by atoms with Crippen molar-refractivity contribution in [3.8, 4) is 5.75 Å². The van der Waals surface area contributed by atoms with Crippen LogP contribution in [0.4, 0.5) is 0 Å². The lowest BCUT2D eigenvalue weighted by Crippen LogP contribution is -2.25. The van der Waals surface area contributed by atoms with E-state index in [9.17, 15) is 0 Å². The molecule has 17 heavy (non-hydrogen) atoms. The van der Waals surface area contributed by atoms with Gasteiger partial charge in [0.2, 0.25) is 0 Å². The molecule has 1 atom stereocenters. The highest BCUT2D eigenvalue weighted by molar-refractivity contribution is 5.27. The van der Waals surface area contributed by atoms with Gasteiger partial charge in [-0.15, -0.1) is 0 Å². The van der Waals surface area contributed by atoms with Crippen molar-refractivity contribution in [3.63, 3.8) is 0 Å². The summed E-state index contributed by atoms with van der Waals surface area (Å²) in [6, 6.07) is 9.19. The van der Waals surface area contributed by atoms with E-state index in [2.05, 4.69) is 43.4 Å². The van der Waals surface area contributed by atoms with Gasteiger partial charge in [0.05, 0.1) is 6.10 Å². The van der Waals surface area contributed by atoms with Gasteiger partial charge in [0.25, 0.3) is 0 Å². The Morgan fingerprint density at radius 1 is 1.29 bits per heavy atom. The molecule has 1 aliphatic carbocycles. The lowest BCUT2D eigenvalue weighted by molar-refractivity contribution is 0.303. The van der Waals surface area contributed by atoms with Crippen LogP contribution in [0.15, 0.2) is 24.3 Å². The van der Waals surface area contributed by atoms with Gasteiger partial charge in [0, 0.05) is 6.04 Å². The molecular formula is C15H23NO. The van der Waals surface area contributed by atoms with Crippen molar-refractivity contribution in [2.24, 2.45) is 0 Å². The van der Waals surface area contributed by atoms with Crippen molar-refractivity contribution >= 4 is 0 Å². The summed E-state index contributed by atoms with van der Waals surface area (Å²) in [5.41, 5.74) is 1.40. The summed E-state index contributed by atoms with van der Waals surface area (Å²) < 4.78 is 5.73. The minimum Gasteiger partial charge on any atom is -0.490 e. The lowest BCUT2D eigenvalue weighted by atomic mass is 10.1.